The van der Waals surface area contributed by atoms with E-state index in [4.69, 9.17) is 10.7 Å². The van der Waals surface area contributed by atoms with Crippen molar-refractivity contribution in [2.45, 2.75) is 32.6 Å². The van der Waals surface area contributed by atoms with Crippen molar-refractivity contribution in [3.05, 3.63) is 0 Å². The maximum Gasteiger partial charge on any atom is 0.232 e. The van der Waals surface area contributed by atoms with Crippen LogP contribution < -0.4 is 0 Å². The van der Waals surface area contributed by atoms with E-state index in [1.807, 2.05) is 0 Å². The lowest BCUT2D eigenvalue weighted by Crippen LogP contribution is -2.18. The van der Waals surface area contributed by atoms with Crippen LogP contribution in [0.15, 0.2) is 0 Å². The summed E-state index contributed by atoms with van der Waals surface area (Å²) in [7, 11) is 1.91. The molecule has 0 heterocycles. The Labute approximate surface area is 78.7 Å². The molecule has 4 heteroatoms. The SMILES string of the molecule is CC1CCC(CS(=O)(=O)Cl)CC1. The highest BCUT2D eigenvalue weighted by Crippen LogP contribution is 2.29. The molecule has 12 heavy (non-hydrogen) atoms. The minimum absolute atomic E-state index is 0.168. The molecule has 2 nitrogen and oxygen atoms in total. The lowest BCUT2D eigenvalue weighted by molar-refractivity contribution is 0.309. The van der Waals surface area contributed by atoms with Crippen molar-refractivity contribution in [1.82, 2.24) is 0 Å². The highest BCUT2D eigenvalue weighted by atomic mass is 35.7. The summed E-state index contributed by atoms with van der Waals surface area (Å²) >= 11 is 0. The van der Waals surface area contributed by atoms with Crippen LogP contribution in [0.5, 0.6) is 0 Å². The Hall–Kier alpha value is 0.240. The fraction of sp³-hybridized carbons (Fsp3) is 1.00. The summed E-state index contributed by atoms with van der Waals surface area (Å²) in [6.07, 6.45) is 4.34. The fourth-order valence-electron chi connectivity index (χ4n) is 1.78. The van der Waals surface area contributed by atoms with Gasteiger partial charge in [0.1, 0.15) is 0 Å². The van der Waals surface area contributed by atoms with Gasteiger partial charge in [-0.3, -0.25) is 0 Å². The molecule has 0 atom stereocenters. The molecule has 0 amide bonds. The molecule has 0 aromatic heterocycles. The summed E-state index contributed by atoms with van der Waals surface area (Å²) in [4.78, 5) is 0. The number of rotatable bonds is 2. The monoisotopic (exact) mass is 210 g/mol. The van der Waals surface area contributed by atoms with Crippen LogP contribution in [0.25, 0.3) is 0 Å². The third-order valence-electron chi connectivity index (χ3n) is 2.57. The van der Waals surface area contributed by atoms with Crippen LogP contribution in [0.1, 0.15) is 32.6 Å². The van der Waals surface area contributed by atoms with E-state index in [0.717, 1.165) is 31.6 Å². The summed E-state index contributed by atoms with van der Waals surface area (Å²) in [6.45, 7) is 2.21. The Bertz CT molecular complexity index is 227. The third kappa shape index (κ3) is 3.76. The van der Waals surface area contributed by atoms with Gasteiger partial charge in [0.25, 0.3) is 0 Å². The molecule has 1 fully saturated rings. The van der Waals surface area contributed by atoms with E-state index in [9.17, 15) is 8.42 Å². The highest BCUT2D eigenvalue weighted by molar-refractivity contribution is 8.13. The van der Waals surface area contributed by atoms with Crippen molar-refractivity contribution < 1.29 is 8.42 Å². The van der Waals surface area contributed by atoms with E-state index >= 15 is 0 Å². The second kappa shape index (κ2) is 3.97. The molecule has 72 valence electrons. The van der Waals surface area contributed by atoms with Gasteiger partial charge in [0, 0.05) is 10.7 Å². The van der Waals surface area contributed by atoms with E-state index in [1.54, 1.807) is 0 Å². The summed E-state index contributed by atoms with van der Waals surface area (Å²) < 4.78 is 21.5. The third-order valence-corrected chi connectivity index (χ3v) is 3.82. The minimum atomic E-state index is -3.27. The zero-order valence-electron chi connectivity index (χ0n) is 7.29. The van der Waals surface area contributed by atoms with Crippen molar-refractivity contribution >= 4 is 19.7 Å². The van der Waals surface area contributed by atoms with Gasteiger partial charge in [-0.1, -0.05) is 19.8 Å². The first-order valence-corrected chi connectivity index (χ1v) is 6.87. The molecule has 0 aromatic carbocycles. The second-order valence-electron chi connectivity index (χ2n) is 3.83. The molecule has 1 rings (SSSR count). The van der Waals surface area contributed by atoms with Crippen LogP contribution in [0.4, 0.5) is 0 Å². The first kappa shape index (κ1) is 10.3. The molecule has 0 spiro atoms. The van der Waals surface area contributed by atoms with Crippen LogP contribution >= 0.6 is 10.7 Å². The standard InChI is InChI=1S/C8H15ClO2S/c1-7-2-4-8(5-3-7)6-12(9,10)11/h7-8H,2-6H2,1H3. The van der Waals surface area contributed by atoms with E-state index in [2.05, 4.69) is 6.92 Å². The molecule has 0 radical (unpaired) electrons. The van der Waals surface area contributed by atoms with Crippen LogP contribution in [0.3, 0.4) is 0 Å². The van der Waals surface area contributed by atoms with Gasteiger partial charge in [0.05, 0.1) is 5.75 Å². The number of halogens is 1. The summed E-state index contributed by atoms with van der Waals surface area (Å²) in [5.41, 5.74) is 0. The molecule has 0 aromatic rings. The van der Waals surface area contributed by atoms with Gasteiger partial charge in [-0.25, -0.2) is 8.42 Å². The van der Waals surface area contributed by atoms with Crippen LogP contribution in [0, 0.1) is 11.8 Å². The van der Waals surface area contributed by atoms with Gasteiger partial charge in [-0.2, -0.15) is 0 Å². The fourth-order valence-corrected chi connectivity index (χ4v) is 3.21. The molecular weight excluding hydrogens is 196 g/mol. The van der Waals surface area contributed by atoms with E-state index in [0.29, 0.717) is 5.92 Å². The Balaban J connectivity index is 2.36. The molecule has 1 aliphatic carbocycles. The van der Waals surface area contributed by atoms with Crippen molar-refractivity contribution in [3.8, 4) is 0 Å². The lowest BCUT2D eigenvalue weighted by atomic mass is 9.84. The number of hydrogen-bond donors (Lipinski definition) is 0. The summed E-state index contributed by atoms with van der Waals surface area (Å²) in [5.74, 6) is 1.24. The van der Waals surface area contributed by atoms with Crippen LogP contribution in [-0.4, -0.2) is 14.2 Å². The Morgan fingerprint density at radius 3 is 2.17 bits per heavy atom. The second-order valence-corrected chi connectivity index (χ2v) is 6.65. The van der Waals surface area contributed by atoms with Crippen molar-refractivity contribution in [1.29, 1.82) is 0 Å². The van der Waals surface area contributed by atoms with Gasteiger partial charge < -0.3 is 0 Å². The Kier molecular flexibility index (Phi) is 3.41. The molecule has 1 aliphatic rings. The first-order chi connectivity index (χ1) is 5.47. The Morgan fingerprint density at radius 2 is 1.75 bits per heavy atom. The normalized spacial score (nSPS) is 31.8. The maximum absolute atomic E-state index is 10.7. The molecule has 0 unspecified atom stereocenters. The van der Waals surface area contributed by atoms with E-state index in [-0.39, 0.29) is 5.75 Å². The van der Waals surface area contributed by atoms with Crippen molar-refractivity contribution in [3.63, 3.8) is 0 Å². The quantitative estimate of drug-likeness (QED) is 0.656. The van der Waals surface area contributed by atoms with Crippen LogP contribution in [-0.2, 0) is 9.05 Å². The van der Waals surface area contributed by atoms with Crippen molar-refractivity contribution in [2.75, 3.05) is 5.75 Å². The molecule has 0 bridgehead atoms. The van der Waals surface area contributed by atoms with Gasteiger partial charge in [-0.15, -0.1) is 0 Å². The topological polar surface area (TPSA) is 34.1 Å². The average molecular weight is 211 g/mol. The summed E-state index contributed by atoms with van der Waals surface area (Å²) in [5, 5.41) is 0. The van der Waals surface area contributed by atoms with Gasteiger partial charge >= 0.3 is 0 Å². The molecular formula is C8H15ClO2S. The smallest absolute Gasteiger partial charge is 0.212 e. The lowest BCUT2D eigenvalue weighted by Gasteiger charge is -2.24. The molecule has 1 saturated carbocycles. The maximum atomic E-state index is 10.7. The Morgan fingerprint density at radius 1 is 1.25 bits per heavy atom. The zero-order chi connectivity index (χ0) is 9.19. The molecule has 0 N–H and O–H groups in total. The minimum Gasteiger partial charge on any atom is -0.212 e. The van der Waals surface area contributed by atoms with Gasteiger partial charge in [0.2, 0.25) is 9.05 Å². The van der Waals surface area contributed by atoms with Gasteiger partial charge in [0.15, 0.2) is 0 Å². The molecule has 0 saturated heterocycles. The number of hydrogen-bond acceptors (Lipinski definition) is 2. The predicted octanol–water partition coefficient (Wildman–Crippen LogP) is 2.38. The average Bonchev–Trinajstić information content (AvgIpc) is 1.91. The van der Waals surface area contributed by atoms with E-state index in [1.165, 1.54) is 0 Å². The largest absolute Gasteiger partial charge is 0.232 e. The predicted molar refractivity (Wildman–Crippen MR) is 50.8 cm³/mol. The van der Waals surface area contributed by atoms with Crippen LogP contribution in [0.2, 0.25) is 0 Å². The highest BCUT2D eigenvalue weighted by Gasteiger charge is 2.22. The summed E-state index contributed by atoms with van der Waals surface area (Å²) in [6, 6.07) is 0. The first-order valence-electron chi connectivity index (χ1n) is 4.39. The van der Waals surface area contributed by atoms with Gasteiger partial charge in [-0.05, 0) is 24.7 Å². The van der Waals surface area contributed by atoms with Crippen molar-refractivity contribution in [2.24, 2.45) is 11.8 Å². The zero-order valence-corrected chi connectivity index (χ0v) is 8.87. The molecule has 0 aliphatic heterocycles. The van der Waals surface area contributed by atoms with E-state index < -0.39 is 9.05 Å².